The van der Waals surface area contributed by atoms with E-state index in [-0.39, 0.29) is 11.8 Å². The van der Waals surface area contributed by atoms with E-state index in [9.17, 15) is 4.79 Å². The minimum atomic E-state index is -0.0159. The highest BCUT2D eigenvalue weighted by Crippen LogP contribution is 2.33. The molecule has 194 valence electrons. The monoisotopic (exact) mass is 498 g/mol. The summed E-state index contributed by atoms with van der Waals surface area (Å²) in [6.45, 7) is 11.7. The number of carbonyl (C=O) groups is 1. The normalized spacial score (nSPS) is 25.3. The van der Waals surface area contributed by atoms with Crippen LogP contribution in [0.4, 0.5) is 0 Å². The van der Waals surface area contributed by atoms with Crippen LogP contribution in [0.25, 0.3) is 11.1 Å². The summed E-state index contributed by atoms with van der Waals surface area (Å²) in [5.74, 6) is 0.166. The van der Waals surface area contributed by atoms with Gasteiger partial charge in [0.2, 0.25) is 0 Å². The molecule has 2 unspecified atom stereocenters. The standard InChI is InChI=1S/C30H38N6O/c1-5-27-29-16-28(32-36(29)17-21(3)31-27)26-15-30(37)35-19-25(12-11-24(35)10-9-20(26)2)33-13-14-34(22(4)18-33)23-7-6-8-23/h10-12,15-17,19-20,22-23H,5-9,13-14,18H2,1-4H3. The smallest absolute Gasteiger partial charge is 0.255 e. The van der Waals surface area contributed by atoms with Gasteiger partial charge >= 0.3 is 0 Å². The van der Waals surface area contributed by atoms with E-state index in [4.69, 9.17) is 10.1 Å². The number of allylic oxidation sites excluding steroid dienone is 4. The third kappa shape index (κ3) is 4.43. The molecule has 1 amide bonds. The molecule has 7 nitrogen and oxygen atoms in total. The van der Waals surface area contributed by atoms with E-state index in [1.165, 1.54) is 19.3 Å². The predicted octanol–water partition coefficient (Wildman–Crippen LogP) is 4.71. The molecular weight excluding hydrogens is 460 g/mol. The number of aryl methyl sites for hydroxylation is 2. The topological polar surface area (TPSA) is 57.0 Å². The SMILES string of the molecule is CCc1nc(C)cn2nc(C3=CC(=O)N4C=C(N5CCN(C6CCC6)C(C)C5)C=CC4=CCC3C)cc12. The first kappa shape index (κ1) is 24.2. The fraction of sp³-hybridized carbons (Fsp3) is 0.500. The van der Waals surface area contributed by atoms with Crippen molar-refractivity contribution in [2.24, 2.45) is 5.92 Å². The fourth-order valence-electron chi connectivity index (χ4n) is 6.19. The van der Waals surface area contributed by atoms with Crippen molar-refractivity contribution in [3.63, 3.8) is 0 Å². The van der Waals surface area contributed by atoms with Crippen LogP contribution in [-0.4, -0.2) is 66.9 Å². The van der Waals surface area contributed by atoms with Crippen molar-refractivity contribution in [2.45, 2.75) is 71.9 Å². The zero-order valence-electron chi connectivity index (χ0n) is 22.5. The van der Waals surface area contributed by atoms with Gasteiger partial charge in [-0.3, -0.25) is 19.6 Å². The van der Waals surface area contributed by atoms with Gasteiger partial charge in [-0.05, 0) is 69.2 Å². The van der Waals surface area contributed by atoms with E-state index in [0.717, 1.165) is 78.1 Å². The molecule has 7 heteroatoms. The van der Waals surface area contributed by atoms with Crippen molar-refractivity contribution in [1.29, 1.82) is 0 Å². The average Bonchev–Trinajstić information content (AvgIpc) is 3.28. The summed E-state index contributed by atoms with van der Waals surface area (Å²) in [6.07, 6.45) is 18.0. The Balaban J connectivity index is 1.27. The number of carbonyl (C=O) groups excluding carboxylic acids is 1. The van der Waals surface area contributed by atoms with Crippen molar-refractivity contribution in [2.75, 3.05) is 19.6 Å². The first-order valence-corrected chi connectivity index (χ1v) is 13.9. The Labute approximate surface area is 219 Å². The Morgan fingerprint density at radius 2 is 1.92 bits per heavy atom. The predicted molar refractivity (Wildman–Crippen MR) is 146 cm³/mol. The van der Waals surface area contributed by atoms with Crippen LogP contribution in [-0.2, 0) is 11.2 Å². The molecule has 3 aliphatic heterocycles. The maximum atomic E-state index is 13.7. The average molecular weight is 499 g/mol. The maximum Gasteiger partial charge on any atom is 0.255 e. The molecule has 0 radical (unpaired) electrons. The lowest BCUT2D eigenvalue weighted by Crippen LogP contribution is -2.56. The van der Waals surface area contributed by atoms with Crippen molar-refractivity contribution in [3.8, 4) is 0 Å². The number of fused-ring (bicyclic) bond motifs is 2. The van der Waals surface area contributed by atoms with Crippen molar-refractivity contribution in [3.05, 3.63) is 71.2 Å². The van der Waals surface area contributed by atoms with Crippen LogP contribution in [0.2, 0.25) is 0 Å². The van der Waals surface area contributed by atoms with Gasteiger partial charge in [0.05, 0.1) is 34.5 Å². The Morgan fingerprint density at radius 3 is 2.65 bits per heavy atom. The molecule has 2 aromatic heterocycles. The van der Waals surface area contributed by atoms with Crippen molar-refractivity contribution in [1.82, 2.24) is 29.3 Å². The number of hydrogen-bond donors (Lipinski definition) is 0. The molecule has 37 heavy (non-hydrogen) atoms. The van der Waals surface area contributed by atoms with Gasteiger partial charge in [-0.2, -0.15) is 5.10 Å². The highest BCUT2D eigenvalue weighted by molar-refractivity contribution is 5.98. The molecule has 0 N–H and O–H groups in total. The first-order chi connectivity index (χ1) is 17.9. The van der Waals surface area contributed by atoms with E-state index >= 15 is 0 Å². The highest BCUT2D eigenvalue weighted by Gasteiger charge is 2.33. The molecular formula is C30H38N6O. The molecule has 2 aromatic rings. The number of rotatable bonds is 4. The number of hydrogen-bond acceptors (Lipinski definition) is 5. The lowest BCUT2D eigenvalue weighted by Gasteiger charge is -2.48. The lowest BCUT2D eigenvalue weighted by molar-refractivity contribution is -0.122. The number of amides is 1. The summed E-state index contributed by atoms with van der Waals surface area (Å²) in [6, 6.07) is 3.40. The molecule has 2 atom stereocenters. The van der Waals surface area contributed by atoms with Gasteiger partial charge in [0.25, 0.3) is 5.91 Å². The van der Waals surface area contributed by atoms with E-state index in [2.05, 4.69) is 54.9 Å². The summed E-state index contributed by atoms with van der Waals surface area (Å²) >= 11 is 0. The summed E-state index contributed by atoms with van der Waals surface area (Å²) < 4.78 is 1.92. The van der Waals surface area contributed by atoms with Crippen LogP contribution in [0.15, 0.2) is 54.2 Å². The quantitative estimate of drug-likeness (QED) is 0.611. The summed E-state index contributed by atoms with van der Waals surface area (Å²) in [7, 11) is 0. The first-order valence-electron chi connectivity index (χ1n) is 13.9. The minimum absolute atomic E-state index is 0.0159. The van der Waals surface area contributed by atoms with Gasteiger partial charge in [0, 0.05) is 49.7 Å². The second-order valence-electron chi connectivity index (χ2n) is 11.1. The van der Waals surface area contributed by atoms with Crippen molar-refractivity contribution >= 4 is 17.0 Å². The molecule has 2 fully saturated rings. The molecule has 5 heterocycles. The molecule has 6 rings (SSSR count). The Hall–Kier alpha value is -3.19. The molecule has 1 saturated carbocycles. The van der Waals surface area contributed by atoms with E-state index in [0.29, 0.717) is 6.04 Å². The fourth-order valence-corrected chi connectivity index (χ4v) is 6.19. The number of aromatic nitrogens is 3. The molecule has 1 saturated heterocycles. The van der Waals surface area contributed by atoms with Crippen molar-refractivity contribution < 1.29 is 4.79 Å². The van der Waals surface area contributed by atoms with Gasteiger partial charge in [-0.15, -0.1) is 0 Å². The van der Waals surface area contributed by atoms with Gasteiger partial charge in [-0.1, -0.05) is 26.3 Å². The summed E-state index contributed by atoms with van der Waals surface area (Å²) in [5.41, 5.74) is 6.92. The largest absolute Gasteiger partial charge is 0.367 e. The lowest BCUT2D eigenvalue weighted by atomic mass is 9.89. The Morgan fingerprint density at radius 1 is 1.11 bits per heavy atom. The molecule has 0 spiro atoms. The van der Waals surface area contributed by atoms with E-state index in [1.807, 2.05) is 28.7 Å². The highest BCUT2D eigenvalue weighted by atomic mass is 16.2. The van der Waals surface area contributed by atoms with Crippen LogP contribution >= 0.6 is 0 Å². The molecule has 4 aliphatic rings. The zero-order chi connectivity index (χ0) is 25.7. The van der Waals surface area contributed by atoms with Gasteiger partial charge in [0.15, 0.2) is 0 Å². The van der Waals surface area contributed by atoms with Crippen LogP contribution in [0, 0.1) is 12.8 Å². The van der Waals surface area contributed by atoms with Crippen LogP contribution in [0.1, 0.15) is 63.5 Å². The second kappa shape index (κ2) is 9.60. The molecule has 1 aliphatic carbocycles. The van der Waals surface area contributed by atoms with Gasteiger partial charge < -0.3 is 4.90 Å². The van der Waals surface area contributed by atoms with Gasteiger partial charge in [0.1, 0.15) is 0 Å². The third-order valence-corrected chi connectivity index (χ3v) is 8.56. The van der Waals surface area contributed by atoms with Gasteiger partial charge in [-0.25, -0.2) is 4.52 Å². The number of nitrogens with zero attached hydrogens (tertiary/aromatic N) is 6. The Bertz CT molecular complexity index is 1340. The molecule has 0 bridgehead atoms. The third-order valence-electron chi connectivity index (χ3n) is 8.56. The summed E-state index contributed by atoms with van der Waals surface area (Å²) in [4.78, 5) is 25.3. The van der Waals surface area contributed by atoms with Crippen LogP contribution in [0.5, 0.6) is 0 Å². The van der Waals surface area contributed by atoms with Crippen LogP contribution < -0.4 is 0 Å². The number of piperazine rings is 1. The molecule has 0 aromatic carbocycles. The zero-order valence-corrected chi connectivity index (χ0v) is 22.5. The summed E-state index contributed by atoms with van der Waals surface area (Å²) in [5, 5.41) is 4.87. The van der Waals surface area contributed by atoms with E-state index < -0.39 is 0 Å². The minimum Gasteiger partial charge on any atom is -0.367 e. The van der Waals surface area contributed by atoms with Crippen LogP contribution in [0.3, 0.4) is 0 Å². The Kier molecular flexibility index (Phi) is 6.27. The maximum absolute atomic E-state index is 13.7. The second-order valence-corrected chi connectivity index (χ2v) is 11.1. The van der Waals surface area contributed by atoms with E-state index in [1.54, 1.807) is 6.08 Å².